The molecule has 0 amide bonds. The van der Waals surface area contributed by atoms with Crippen molar-refractivity contribution < 1.29 is 14.6 Å². The summed E-state index contributed by atoms with van der Waals surface area (Å²) < 4.78 is 12.6. The van der Waals surface area contributed by atoms with Crippen LogP contribution < -0.4 is 11.3 Å². The summed E-state index contributed by atoms with van der Waals surface area (Å²) in [7, 11) is 0. The van der Waals surface area contributed by atoms with Crippen LogP contribution in [0.2, 0.25) is 0 Å². The molecule has 110 valence electrons. The van der Waals surface area contributed by atoms with E-state index >= 15 is 0 Å². The molecule has 0 spiro atoms. The molecule has 21 heavy (non-hydrogen) atoms. The van der Waals surface area contributed by atoms with E-state index in [9.17, 15) is 9.90 Å². The van der Waals surface area contributed by atoms with E-state index in [1.165, 1.54) is 6.33 Å². The fraction of sp³-hybridized carbons (Fsp3) is 0.417. The Kier molecular flexibility index (Phi) is 2.53. The predicted octanol–water partition coefficient (Wildman–Crippen LogP) is -0.737. The van der Waals surface area contributed by atoms with Gasteiger partial charge in [0.05, 0.1) is 18.7 Å². The number of nitrogen functional groups attached to an aromatic ring is 1. The molecule has 4 heterocycles. The van der Waals surface area contributed by atoms with Crippen molar-refractivity contribution in [3.8, 4) is 0 Å². The van der Waals surface area contributed by atoms with Crippen molar-refractivity contribution in [1.29, 1.82) is 0 Å². The maximum absolute atomic E-state index is 11.7. The molecule has 2 aliphatic rings. The lowest BCUT2D eigenvalue weighted by Gasteiger charge is -2.27. The average Bonchev–Trinajstić information content (AvgIpc) is 2.92. The van der Waals surface area contributed by atoms with E-state index in [2.05, 4.69) is 15.0 Å². The number of aliphatic hydroxyl groups is 1. The van der Waals surface area contributed by atoms with Crippen LogP contribution in [0.3, 0.4) is 0 Å². The third-order valence-electron chi connectivity index (χ3n) is 3.73. The Morgan fingerprint density at radius 2 is 2.33 bits per heavy atom. The molecule has 4 rings (SSSR count). The first-order chi connectivity index (χ1) is 10.1. The molecule has 0 aliphatic carbocycles. The van der Waals surface area contributed by atoms with Crippen molar-refractivity contribution in [3.05, 3.63) is 29.0 Å². The summed E-state index contributed by atoms with van der Waals surface area (Å²) in [4.78, 5) is 22.2. The molecule has 4 atom stereocenters. The van der Waals surface area contributed by atoms with Crippen molar-refractivity contribution in [1.82, 2.24) is 19.5 Å². The predicted molar refractivity (Wildman–Crippen MR) is 71.1 cm³/mol. The van der Waals surface area contributed by atoms with Crippen LogP contribution in [0.25, 0.3) is 11.2 Å². The largest absolute Gasteiger partial charge is 0.491 e. The fourth-order valence-electron chi connectivity index (χ4n) is 2.65. The lowest BCUT2D eigenvalue weighted by Crippen LogP contribution is -2.37. The lowest BCUT2D eigenvalue weighted by molar-refractivity contribution is -0.0821. The number of hydrogen-bond donors (Lipinski definition) is 3. The second-order valence-electron chi connectivity index (χ2n) is 5.06. The Bertz CT molecular complexity index is 782. The van der Waals surface area contributed by atoms with Crippen molar-refractivity contribution in [2.45, 2.75) is 31.0 Å². The number of aromatic amines is 1. The van der Waals surface area contributed by atoms with Crippen LogP contribution >= 0.6 is 0 Å². The second kappa shape index (κ2) is 4.30. The molecule has 0 bridgehead atoms. The Morgan fingerprint density at radius 3 is 3.05 bits per heavy atom. The van der Waals surface area contributed by atoms with Gasteiger partial charge in [-0.25, -0.2) is 4.98 Å². The normalized spacial score (nSPS) is 31.3. The van der Waals surface area contributed by atoms with E-state index in [1.807, 2.05) is 6.08 Å². The monoisotopic (exact) mass is 291 g/mol. The molecule has 0 radical (unpaired) electrons. The number of nitrogens with two attached hydrogens (primary N) is 1. The zero-order valence-corrected chi connectivity index (χ0v) is 10.8. The van der Waals surface area contributed by atoms with Gasteiger partial charge in [0.1, 0.15) is 18.4 Å². The highest BCUT2D eigenvalue weighted by molar-refractivity contribution is 5.70. The van der Waals surface area contributed by atoms with Crippen LogP contribution in [0.4, 0.5) is 5.95 Å². The van der Waals surface area contributed by atoms with Crippen molar-refractivity contribution >= 4 is 17.1 Å². The Balaban J connectivity index is 1.71. The number of imidazole rings is 1. The molecule has 1 saturated heterocycles. The number of nitrogens with one attached hydrogen (secondary N) is 1. The number of anilines is 1. The molecule has 0 aromatic carbocycles. The second-order valence-corrected chi connectivity index (χ2v) is 5.06. The van der Waals surface area contributed by atoms with Gasteiger partial charge in [0.25, 0.3) is 5.56 Å². The van der Waals surface area contributed by atoms with Crippen molar-refractivity contribution in [2.24, 2.45) is 0 Å². The molecule has 2 aliphatic heterocycles. The first kappa shape index (κ1) is 12.4. The quantitative estimate of drug-likeness (QED) is 0.664. The molecule has 2 aromatic rings. The average molecular weight is 291 g/mol. The minimum absolute atomic E-state index is 0.00889. The number of aliphatic hydroxyl groups excluding tert-OH is 1. The highest BCUT2D eigenvalue weighted by Crippen LogP contribution is 2.34. The SMILES string of the molecule is Nc1nc2c(ncn2[C@H]2C[C@H](O)[C@@H](C3C=CO3)O2)c(=O)[nH]1. The molecule has 1 fully saturated rings. The van der Waals surface area contributed by atoms with E-state index < -0.39 is 24.0 Å². The van der Waals surface area contributed by atoms with Crippen LogP contribution in [0.1, 0.15) is 12.6 Å². The van der Waals surface area contributed by atoms with Gasteiger partial charge in [0, 0.05) is 6.42 Å². The Morgan fingerprint density at radius 1 is 1.52 bits per heavy atom. The molecule has 0 saturated carbocycles. The summed E-state index contributed by atoms with van der Waals surface area (Å²) >= 11 is 0. The molecule has 2 aromatic heterocycles. The molecule has 4 N–H and O–H groups in total. The summed E-state index contributed by atoms with van der Waals surface area (Å²) in [6.45, 7) is 0. The fourth-order valence-corrected chi connectivity index (χ4v) is 2.65. The third kappa shape index (κ3) is 1.82. The van der Waals surface area contributed by atoms with Crippen LogP contribution in [0, 0.1) is 0 Å². The maximum Gasteiger partial charge on any atom is 0.280 e. The topological polar surface area (TPSA) is 128 Å². The van der Waals surface area contributed by atoms with Crippen LogP contribution in [-0.2, 0) is 9.47 Å². The lowest BCUT2D eigenvalue weighted by atomic mass is 10.1. The van der Waals surface area contributed by atoms with Gasteiger partial charge in [-0.05, 0) is 6.08 Å². The number of rotatable bonds is 2. The summed E-state index contributed by atoms with van der Waals surface area (Å²) in [6, 6.07) is 0. The third-order valence-corrected chi connectivity index (χ3v) is 3.73. The maximum atomic E-state index is 11.7. The minimum Gasteiger partial charge on any atom is -0.491 e. The summed E-state index contributed by atoms with van der Waals surface area (Å²) in [5, 5.41) is 10.1. The Hall–Kier alpha value is -2.39. The van der Waals surface area contributed by atoms with Gasteiger partial charge in [0.2, 0.25) is 5.95 Å². The number of nitrogens with zero attached hydrogens (tertiary/aromatic N) is 3. The van der Waals surface area contributed by atoms with Crippen LogP contribution in [-0.4, -0.2) is 42.9 Å². The Labute approximate surface area is 118 Å². The first-order valence-electron chi connectivity index (χ1n) is 6.51. The van der Waals surface area contributed by atoms with Crippen LogP contribution in [0.15, 0.2) is 23.5 Å². The van der Waals surface area contributed by atoms with E-state index in [1.54, 1.807) is 10.8 Å². The highest BCUT2D eigenvalue weighted by atomic mass is 16.6. The summed E-state index contributed by atoms with van der Waals surface area (Å²) in [6.07, 6.45) is 3.37. The smallest absolute Gasteiger partial charge is 0.280 e. The van der Waals surface area contributed by atoms with Crippen molar-refractivity contribution in [3.63, 3.8) is 0 Å². The van der Waals surface area contributed by atoms with Gasteiger partial charge in [-0.15, -0.1) is 0 Å². The summed E-state index contributed by atoms with van der Waals surface area (Å²) in [5.41, 5.74) is 5.67. The van der Waals surface area contributed by atoms with E-state index in [-0.39, 0.29) is 17.6 Å². The zero-order chi connectivity index (χ0) is 14.6. The molecular weight excluding hydrogens is 278 g/mol. The highest BCUT2D eigenvalue weighted by Gasteiger charge is 2.42. The number of H-pyrrole nitrogens is 1. The van der Waals surface area contributed by atoms with Gasteiger partial charge < -0.3 is 20.3 Å². The standard InChI is InChI=1S/C12H13N5O4/c13-12-15-10-8(11(19)16-12)14-4-17(10)7-3-5(18)9(21-7)6-1-2-20-6/h1-2,4-7,9,18H,3H2,(H3,13,15,16,19)/t5-,6?,7+,9-/m0/s1. The van der Waals surface area contributed by atoms with Crippen molar-refractivity contribution in [2.75, 3.05) is 5.73 Å². The molecular formula is C12H13N5O4. The van der Waals surface area contributed by atoms with Crippen LogP contribution in [0.5, 0.6) is 0 Å². The van der Waals surface area contributed by atoms with Gasteiger partial charge in [0.15, 0.2) is 11.2 Å². The number of fused-ring (bicyclic) bond motifs is 1. The summed E-state index contributed by atoms with van der Waals surface area (Å²) in [5.74, 6) is 0.00889. The van der Waals surface area contributed by atoms with Gasteiger partial charge in [-0.1, -0.05) is 0 Å². The molecule has 9 heteroatoms. The van der Waals surface area contributed by atoms with E-state index in [0.29, 0.717) is 12.1 Å². The van der Waals surface area contributed by atoms with Gasteiger partial charge >= 0.3 is 0 Å². The number of aromatic nitrogens is 4. The molecule has 9 nitrogen and oxygen atoms in total. The number of hydrogen-bond acceptors (Lipinski definition) is 7. The first-order valence-corrected chi connectivity index (χ1v) is 6.51. The zero-order valence-electron chi connectivity index (χ0n) is 10.8. The number of ether oxygens (including phenoxy) is 2. The van der Waals surface area contributed by atoms with Gasteiger partial charge in [-0.3, -0.25) is 14.3 Å². The van der Waals surface area contributed by atoms with E-state index in [0.717, 1.165) is 0 Å². The minimum atomic E-state index is -0.665. The van der Waals surface area contributed by atoms with Gasteiger partial charge in [-0.2, -0.15) is 4.98 Å². The molecule has 1 unspecified atom stereocenters. The van der Waals surface area contributed by atoms with E-state index in [4.69, 9.17) is 15.2 Å².